The molecule has 19 heavy (non-hydrogen) atoms. The highest BCUT2D eigenvalue weighted by atomic mass is 32.2. The van der Waals surface area contributed by atoms with Gasteiger partial charge in [0.2, 0.25) is 10.0 Å². The van der Waals surface area contributed by atoms with E-state index in [2.05, 4.69) is 0 Å². The van der Waals surface area contributed by atoms with E-state index in [1.54, 1.807) is 6.07 Å². The number of carbonyl (C=O) groups excluding carboxylic acids is 1. The Morgan fingerprint density at radius 3 is 2.26 bits per heavy atom. The molecule has 0 aliphatic heterocycles. The Bertz CT molecular complexity index is 741. The molecule has 0 heterocycles. The fourth-order valence-corrected chi connectivity index (χ4v) is 2.54. The van der Waals surface area contributed by atoms with E-state index in [0.29, 0.717) is 6.29 Å². The summed E-state index contributed by atoms with van der Waals surface area (Å²) in [4.78, 5) is 10.5. The van der Waals surface area contributed by atoms with Gasteiger partial charge in [-0.15, -0.1) is 0 Å². The number of hydrogen-bond donors (Lipinski definition) is 1. The number of sulfonamides is 1. The van der Waals surface area contributed by atoms with Crippen molar-refractivity contribution in [3.63, 3.8) is 0 Å². The van der Waals surface area contributed by atoms with Gasteiger partial charge in [0, 0.05) is 11.1 Å². The van der Waals surface area contributed by atoms with E-state index in [0.717, 1.165) is 0 Å². The lowest BCUT2D eigenvalue weighted by Gasteiger charge is -2.09. The van der Waals surface area contributed by atoms with Crippen LogP contribution in [0.5, 0.6) is 0 Å². The maximum atomic E-state index is 14.1. The molecule has 0 spiro atoms. The fraction of sp³-hybridized carbons (Fsp3) is 0. The molecule has 0 amide bonds. The summed E-state index contributed by atoms with van der Waals surface area (Å²) in [5, 5.41) is 5.10. The second-order valence-electron chi connectivity index (χ2n) is 3.87. The summed E-state index contributed by atoms with van der Waals surface area (Å²) in [5.41, 5.74) is 0.0159. The van der Waals surface area contributed by atoms with Gasteiger partial charge in [0.1, 0.15) is 5.82 Å². The van der Waals surface area contributed by atoms with Crippen LogP contribution in [-0.2, 0) is 10.0 Å². The first-order valence-corrected chi connectivity index (χ1v) is 6.85. The van der Waals surface area contributed by atoms with E-state index < -0.39 is 15.8 Å². The number of primary sulfonamides is 1. The Balaban J connectivity index is 2.77. The standard InChI is InChI=1S/C13H10FNO3S/c14-13-9(8-16)4-3-6-11(13)10-5-1-2-7-12(10)19(15,17)18/h1-8H,(H2,15,17,18). The van der Waals surface area contributed by atoms with E-state index in [1.807, 2.05) is 0 Å². The number of hydrogen-bond acceptors (Lipinski definition) is 3. The van der Waals surface area contributed by atoms with Gasteiger partial charge in [-0.05, 0) is 12.1 Å². The average Bonchev–Trinajstić information content (AvgIpc) is 2.38. The lowest BCUT2D eigenvalue weighted by Crippen LogP contribution is -2.13. The van der Waals surface area contributed by atoms with Crippen molar-refractivity contribution < 1.29 is 17.6 Å². The van der Waals surface area contributed by atoms with Gasteiger partial charge >= 0.3 is 0 Å². The molecule has 98 valence electrons. The normalized spacial score (nSPS) is 11.3. The first-order valence-electron chi connectivity index (χ1n) is 5.31. The maximum Gasteiger partial charge on any atom is 0.238 e. The molecule has 0 saturated heterocycles. The van der Waals surface area contributed by atoms with Crippen LogP contribution in [0.3, 0.4) is 0 Å². The molecular formula is C13H10FNO3S. The molecule has 2 aromatic carbocycles. The molecule has 2 aromatic rings. The van der Waals surface area contributed by atoms with Gasteiger partial charge in [0.05, 0.1) is 10.5 Å². The molecule has 2 N–H and O–H groups in total. The number of carbonyl (C=O) groups is 1. The van der Waals surface area contributed by atoms with Gasteiger partial charge in [-0.25, -0.2) is 17.9 Å². The Hall–Kier alpha value is -2.05. The summed E-state index contributed by atoms with van der Waals surface area (Å²) >= 11 is 0. The van der Waals surface area contributed by atoms with Crippen molar-refractivity contribution in [2.24, 2.45) is 5.14 Å². The number of aldehydes is 1. The van der Waals surface area contributed by atoms with E-state index in [-0.39, 0.29) is 21.6 Å². The smallest absolute Gasteiger partial charge is 0.238 e. The lowest BCUT2D eigenvalue weighted by atomic mass is 10.0. The highest BCUT2D eigenvalue weighted by Crippen LogP contribution is 2.29. The fourth-order valence-electron chi connectivity index (χ4n) is 1.79. The number of halogens is 1. The van der Waals surface area contributed by atoms with E-state index >= 15 is 0 Å². The first kappa shape index (κ1) is 13.4. The molecule has 0 aromatic heterocycles. The minimum absolute atomic E-state index is 0.0224. The monoisotopic (exact) mass is 279 g/mol. The van der Waals surface area contributed by atoms with Crippen LogP contribution < -0.4 is 5.14 Å². The van der Waals surface area contributed by atoms with Crippen molar-refractivity contribution in [2.45, 2.75) is 4.90 Å². The Kier molecular flexibility index (Phi) is 3.46. The maximum absolute atomic E-state index is 14.1. The number of benzene rings is 2. The van der Waals surface area contributed by atoms with Crippen molar-refractivity contribution in [3.8, 4) is 11.1 Å². The van der Waals surface area contributed by atoms with Gasteiger partial charge in [-0.3, -0.25) is 4.79 Å². The zero-order valence-electron chi connectivity index (χ0n) is 9.71. The number of rotatable bonds is 3. The average molecular weight is 279 g/mol. The Labute approximate surface area is 109 Å². The molecule has 4 nitrogen and oxygen atoms in total. The van der Waals surface area contributed by atoms with Crippen molar-refractivity contribution in [2.75, 3.05) is 0 Å². The molecule has 0 aliphatic rings. The molecule has 0 aliphatic carbocycles. The van der Waals surface area contributed by atoms with Gasteiger partial charge < -0.3 is 0 Å². The molecule has 0 saturated carbocycles. The van der Waals surface area contributed by atoms with Crippen molar-refractivity contribution in [1.29, 1.82) is 0 Å². The molecule has 6 heteroatoms. The SMILES string of the molecule is NS(=O)(=O)c1ccccc1-c1cccc(C=O)c1F. The van der Waals surface area contributed by atoms with Crippen LogP contribution in [0, 0.1) is 5.82 Å². The summed E-state index contributed by atoms with van der Waals surface area (Å²) in [5.74, 6) is -0.770. The Morgan fingerprint density at radius 2 is 1.63 bits per heavy atom. The summed E-state index contributed by atoms with van der Waals surface area (Å²) in [6.45, 7) is 0. The van der Waals surface area contributed by atoms with Crippen LogP contribution in [0.15, 0.2) is 47.4 Å². The van der Waals surface area contributed by atoms with Crippen LogP contribution in [0.1, 0.15) is 10.4 Å². The van der Waals surface area contributed by atoms with Crippen LogP contribution in [0.25, 0.3) is 11.1 Å². The van der Waals surface area contributed by atoms with Gasteiger partial charge in [-0.1, -0.05) is 30.3 Å². The first-order chi connectivity index (χ1) is 8.95. The quantitative estimate of drug-likeness (QED) is 0.872. The second-order valence-corrected chi connectivity index (χ2v) is 5.40. The summed E-state index contributed by atoms with van der Waals surface area (Å²) in [6, 6.07) is 9.96. The third-order valence-electron chi connectivity index (χ3n) is 2.64. The third-order valence-corrected chi connectivity index (χ3v) is 3.61. The third kappa shape index (κ3) is 2.54. The van der Waals surface area contributed by atoms with Gasteiger partial charge in [0.15, 0.2) is 6.29 Å². The molecule has 0 fully saturated rings. The molecular weight excluding hydrogens is 269 g/mol. The van der Waals surface area contributed by atoms with Crippen LogP contribution in [-0.4, -0.2) is 14.7 Å². The zero-order valence-corrected chi connectivity index (χ0v) is 10.5. The van der Waals surface area contributed by atoms with Crippen molar-refractivity contribution >= 4 is 16.3 Å². The molecule has 0 unspecified atom stereocenters. The molecule has 0 bridgehead atoms. The summed E-state index contributed by atoms with van der Waals surface area (Å²) in [6.07, 6.45) is 0.373. The van der Waals surface area contributed by atoms with E-state index in [1.165, 1.54) is 36.4 Å². The summed E-state index contributed by atoms with van der Waals surface area (Å²) < 4.78 is 37.0. The van der Waals surface area contributed by atoms with E-state index in [4.69, 9.17) is 5.14 Å². The second kappa shape index (κ2) is 4.91. The minimum atomic E-state index is -3.97. The van der Waals surface area contributed by atoms with E-state index in [9.17, 15) is 17.6 Å². The Morgan fingerprint density at radius 1 is 1.00 bits per heavy atom. The van der Waals surface area contributed by atoms with Crippen LogP contribution in [0.2, 0.25) is 0 Å². The van der Waals surface area contributed by atoms with Gasteiger partial charge in [-0.2, -0.15) is 0 Å². The predicted molar refractivity (Wildman–Crippen MR) is 68.6 cm³/mol. The largest absolute Gasteiger partial charge is 0.298 e. The van der Waals surface area contributed by atoms with Crippen LogP contribution in [0.4, 0.5) is 4.39 Å². The highest BCUT2D eigenvalue weighted by Gasteiger charge is 2.18. The van der Waals surface area contributed by atoms with Crippen LogP contribution >= 0.6 is 0 Å². The summed E-state index contributed by atoms with van der Waals surface area (Å²) in [7, 11) is -3.97. The molecule has 0 radical (unpaired) electrons. The lowest BCUT2D eigenvalue weighted by molar-refractivity contribution is 0.112. The van der Waals surface area contributed by atoms with Crippen molar-refractivity contribution in [1.82, 2.24) is 0 Å². The zero-order chi connectivity index (χ0) is 14.0. The number of nitrogens with two attached hydrogens (primary N) is 1. The molecule has 2 rings (SSSR count). The highest BCUT2D eigenvalue weighted by molar-refractivity contribution is 7.89. The van der Waals surface area contributed by atoms with Crippen molar-refractivity contribution in [3.05, 3.63) is 53.8 Å². The topological polar surface area (TPSA) is 77.2 Å². The van der Waals surface area contributed by atoms with Gasteiger partial charge in [0.25, 0.3) is 0 Å². The predicted octanol–water partition coefficient (Wildman–Crippen LogP) is 1.95. The minimum Gasteiger partial charge on any atom is -0.298 e. The molecule has 0 atom stereocenters.